The van der Waals surface area contributed by atoms with E-state index >= 15 is 0 Å². The van der Waals surface area contributed by atoms with Crippen molar-refractivity contribution < 1.29 is 14.8 Å². The maximum atomic E-state index is 8.89. The van der Waals surface area contributed by atoms with Gasteiger partial charge in [0.2, 0.25) is 0 Å². The molecule has 82 valence electrons. The summed E-state index contributed by atoms with van der Waals surface area (Å²) in [5.41, 5.74) is 1.71. The quantitative estimate of drug-likeness (QED) is 0.539. The number of hydrogen-bond donors (Lipinski definition) is 2. The lowest BCUT2D eigenvalue weighted by molar-refractivity contribution is 0.218. The van der Waals surface area contributed by atoms with E-state index in [1.54, 1.807) is 31.0 Å². The zero-order valence-corrected chi connectivity index (χ0v) is 9.54. The highest BCUT2D eigenvalue weighted by Crippen LogP contribution is 2.10. The maximum absolute atomic E-state index is 8.89. The van der Waals surface area contributed by atoms with Gasteiger partial charge in [-0.25, -0.2) is 0 Å². The second-order valence-electron chi connectivity index (χ2n) is 3.16. The van der Waals surface area contributed by atoms with E-state index in [2.05, 4.69) is 0 Å². The van der Waals surface area contributed by atoms with Crippen molar-refractivity contribution >= 4 is 24.3 Å². The third kappa shape index (κ3) is 4.71. The lowest BCUT2D eigenvalue weighted by Gasteiger charge is -2.03. The highest BCUT2D eigenvalue weighted by molar-refractivity contribution is 7.98. The van der Waals surface area contributed by atoms with Gasteiger partial charge in [-0.2, -0.15) is 11.8 Å². The van der Waals surface area contributed by atoms with E-state index in [4.69, 9.17) is 14.8 Å². The van der Waals surface area contributed by atoms with Crippen LogP contribution in [0.25, 0.3) is 0 Å². The van der Waals surface area contributed by atoms with E-state index in [9.17, 15) is 0 Å². The molecule has 0 radical (unpaired) electrons. The lowest BCUT2D eigenvalue weighted by Crippen LogP contribution is -2.29. The molecule has 1 rings (SSSR count). The molecule has 0 saturated carbocycles. The Kier molecular flexibility index (Phi) is 5.79. The third-order valence-electron chi connectivity index (χ3n) is 1.98. The van der Waals surface area contributed by atoms with Crippen LogP contribution in [0.3, 0.4) is 0 Å². The Balaban J connectivity index is 2.36. The molecule has 1 aromatic rings. The third-order valence-corrected chi connectivity index (χ3v) is 2.97. The SMILES string of the molecule is COCCSCc1ccc(B(O)O)cc1. The van der Waals surface area contributed by atoms with Crippen molar-refractivity contribution in [2.45, 2.75) is 5.75 Å². The number of thioether (sulfide) groups is 1. The maximum Gasteiger partial charge on any atom is 0.488 e. The Hall–Kier alpha value is -0.485. The molecule has 0 amide bonds. The van der Waals surface area contributed by atoms with Gasteiger partial charge in [-0.15, -0.1) is 0 Å². The van der Waals surface area contributed by atoms with Crippen LogP contribution in [0.15, 0.2) is 24.3 Å². The van der Waals surface area contributed by atoms with E-state index in [-0.39, 0.29) is 0 Å². The van der Waals surface area contributed by atoms with Crippen molar-refractivity contribution in [2.75, 3.05) is 19.5 Å². The van der Waals surface area contributed by atoms with Gasteiger partial charge in [0.05, 0.1) is 6.61 Å². The van der Waals surface area contributed by atoms with Crippen LogP contribution in [0.4, 0.5) is 0 Å². The molecule has 0 fully saturated rings. The standard InChI is InChI=1S/C10H15BO3S/c1-14-6-7-15-8-9-2-4-10(5-3-9)11(12)13/h2-5,12-13H,6-8H2,1H3. The molecule has 2 N–H and O–H groups in total. The highest BCUT2D eigenvalue weighted by atomic mass is 32.2. The van der Waals surface area contributed by atoms with Crippen LogP contribution in [-0.4, -0.2) is 36.6 Å². The summed E-state index contributed by atoms with van der Waals surface area (Å²) in [7, 11) is 0.318. The van der Waals surface area contributed by atoms with Crippen LogP contribution in [0.2, 0.25) is 0 Å². The fourth-order valence-corrected chi connectivity index (χ4v) is 1.98. The fraction of sp³-hybridized carbons (Fsp3) is 0.400. The zero-order valence-electron chi connectivity index (χ0n) is 8.72. The van der Waals surface area contributed by atoms with Crippen LogP contribution >= 0.6 is 11.8 Å². The first-order valence-electron chi connectivity index (χ1n) is 4.75. The van der Waals surface area contributed by atoms with Crippen molar-refractivity contribution in [2.24, 2.45) is 0 Å². The summed E-state index contributed by atoms with van der Waals surface area (Å²) in [6, 6.07) is 7.29. The van der Waals surface area contributed by atoms with Crippen molar-refractivity contribution in [3.8, 4) is 0 Å². The number of methoxy groups -OCH3 is 1. The first-order chi connectivity index (χ1) is 7.24. The average molecular weight is 226 g/mol. The van der Waals surface area contributed by atoms with Gasteiger partial charge in [0.25, 0.3) is 0 Å². The minimum absolute atomic E-state index is 0.528. The summed E-state index contributed by atoms with van der Waals surface area (Å²) < 4.78 is 4.94. The molecule has 0 spiro atoms. The van der Waals surface area contributed by atoms with Gasteiger partial charge in [0.1, 0.15) is 0 Å². The average Bonchev–Trinajstić information content (AvgIpc) is 2.25. The van der Waals surface area contributed by atoms with Crippen molar-refractivity contribution in [1.82, 2.24) is 0 Å². The number of rotatable bonds is 6. The minimum Gasteiger partial charge on any atom is -0.423 e. The van der Waals surface area contributed by atoms with Crippen molar-refractivity contribution in [3.05, 3.63) is 29.8 Å². The molecule has 5 heteroatoms. The van der Waals surface area contributed by atoms with Gasteiger partial charge in [-0.3, -0.25) is 0 Å². The molecular weight excluding hydrogens is 211 g/mol. The van der Waals surface area contributed by atoms with Gasteiger partial charge in [-0.1, -0.05) is 24.3 Å². The van der Waals surface area contributed by atoms with Crippen LogP contribution < -0.4 is 5.46 Å². The van der Waals surface area contributed by atoms with Gasteiger partial charge in [0, 0.05) is 18.6 Å². The first-order valence-corrected chi connectivity index (χ1v) is 5.91. The van der Waals surface area contributed by atoms with E-state index in [1.165, 1.54) is 5.56 Å². The van der Waals surface area contributed by atoms with Crippen LogP contribution in [0, 0.1) is 0 Å². The molecule has 0 aliphatic rings. The molecule has 0 aliphatic carbocycles. The van der Waals surface area contributed by atoms with Gasteiger partial charge >= 0.3 is 7.12 Å². The summed E-state index contributed by atoms with van der Waals surface area (Å²) in [6.07, 6.45) is 0. The normalized spacial score (nSPS) is 10.3. The molecule has 0 saturated heterocycles. The molecule has 0 bridgehead atoms. The summed E-state index contributed by atoms with van der Waals surface area (Å²) in [5, 5.41) is 17.8. The smallest absolute Gasteiger partial charge is 0.423 e. The molecule has 3 nitrogen and oxygen atoms in total. The van der Waals surface area contributed by atoms with E-state index in [0.29, 0.717) is 5.46 Å². The predicted octanol–water partition coefficient (Wildman–Crippen LogP) is 0.246. The summed E-state index contributed by atoms with van der Waals surface area (Å²) >= 11 is 1.80. The van der Waals surface area contributed by atoms with E-state index in [0.717, 1.165) is 18.1 Å². The second kappa shape index (κ2) is 6.90. The number of hydrogen-bond acceptors (Lipinski definition) is 4. The summed E-state index contributed by atoms with van der Waals surface area (Å²) in [4.78, 5) is 0. The highest BCUT2D eigenvalue weighted by Gasteiger charge is 2.09. The van der Waals surface area contributed by atoms with E-state index < -0.39 is 7.12 Å². The summed E-state index contributed by atoms with van der Waals surface area (Å²) in [5.74, 6) is 1.89. The van der Waals surface area contributed by atoms with Crippen LogP contribution in [0.1, 0.15) is 5.56 Å². The van der Waals surface area contributed by atoms with Gasteiger partial charge in [-0.05, 0) is 11.0 Å². The monoisotopic (exact) mass is 226 g/mol. The van der Waals surface area contributed by atoms with Crippen molar-refractivity contribution in [1.29, 1.82) is 0 Å². The fourth-order valence-electron chi connectivity index (χ4n) is 1.12. The lowest BCUT2D eigenvalue weighted by atomic mass is 9.80. The van der Waals surface area contributed by atoms with Gasteiger partial charge in [0.15, 0.2) is 0 Å². The Labute approximate surface area is 94.6 Å². The molecule has 0 aliphatic heterocycles. The van der Waals surface area contributed by atoms with Gasteiger partial charge < -0.3 is 14.8 Å². The molecular formula is C10H15BO3S. The molecule has 1 aromatic carbocycles. The Bertz CT molecular complexity index is 277. The first kappa shape index (κ1) is 12.6. The second-order valence-corrected chi connectivity index (χ2v) is 4.27. The molecule has 0 atom stereocenters. The molecule has 0 heterocycles. The predicted molar refractivity (Wildman–Crippen MR) is 64.3 cm³/mol. The molecule has 0 aromatic heterocycles. The number of benzene rings is 1. The Morgan fingerprint density at radius 3 is 2.47 bits per heavy atom. The summed E-state index contributed by atoms with van der Waals surface area (Å²) in [6.45, 7) is 0.762. The Morgan fingerprint density at radius 2 is 1.93 bits per heavy atom. The molecule has 0 unspecified atom stereocenters. The van der Waals surface area contributed by atoms with Crippen molar-refractivity contribution in [3.63, 3.8) is 0 Å². The minimum atomic E-state index is -1.37. The topological polar surface area (TPSA) is 49.7 Å². The Morgan fingerprint density at radius 1 is 1.27 bits per heavy atom. The number of ether oxygens (including phenoxy) is 1. The molecule has 15 heavy (non-hydrogen) atoms. The van der Waals surface area contributed by atoms with Crippen LogP contribution in [0.5, 0.6) is 0 Å². The van der Waals surface area contributed by atoms with E-state index in [1.807, 2.05) is 12.1 Å². The van der Waals surface area contributed by atoms with Crippen LogP contribution in [-0.2, 0) is 10.5 Å². The zero-order chi connectivity index (χ0) is 11.1. The largest absolute Gasteiger partial charge is 0.488 e.